The molecule has 96 valence electrons. The molecule has 1 aromatic carbocycles. The first-order chi connectivity index (χ1) is 7.92. The molecule has 0 radical (unpaired) electrons. The van der Waals surface area contributed by atoms with Crippen molar-refractivity contribution in [2.45, 2.75) is 47.0 Å². The van der Waals surface area contributed by atoms with E-state index in [1.165, 1.54) is 24.0 Å². The van der Waals surface area contributed by atoms with Crippen LogP contribution in [-0.4, -0.2) is 5.88 Å². The molecule has 0 aliphatic heterocycles. The van der Waals surface area contributed by atoms with E-state index < -0.39 is 0 Å². The molecule has 0 saturated heterocycles. The van der Waals surface area contributed by atoms with Gasteiger partial charge in [0.05, 0.1) is 0 Å². The fourth-order valence-electron chi connectivity index (χ4n) is 2.02. The highest BCUT2D eigenvalue weighted by Gasteiger charge is 2.15. The summed E-state index contributed by atoms with van der Waals surface area (Å²) in [4.78, 5) is 0. The zero-order chi connectivity index (χ0) is 12.9. The van der Waals surface area contributed by atoms with E-state index in [2.05, 4.69) is 52.0 Å². The number of aryl methyl sites for hydroxylation is 1. The fraction of sp³-hybridized carbons (Fsp3) is 0.625. The molecule has 1 atom stereocenters. The minimum atomic E-state index is 0.413. The first-order valence-corrected chi connectivity index (χ1v) is 7.06. The summed E-state index contributed by atoms with van der Waals surface area (Å²) >= 11 is 6.10. The van der Waals surface area contributed by atoms with Crippen LogP contribution in [0, 0.1) is 18.3 Å². The molecule has 0 nitrogen and oxygen atoms in total. The molecule has 0 saturated carbocycles. The molecule has 0 aliphatic carbocycles. The van der Waals surface area contributed by atoms with Crippen LogP contribution in [0.2, 0.25) is 0 Å². The highest BCUT2D eigenvalue weighted by Crippen LogP contribution is 2.26. The van der Waals surface area contributed by atoms with Crippen molar-refractivity contribution in [3.63, 3.8) is 0 Å². The Morgan fingerprint density at radius 3 is 2.35 bits per heavy atom. The summed E-state index contributed by atoms with van der Waals surface area (Å²) in [6.45, 7) is 9.08. The Morgan fingerprint density at radius 2 is 1.82 bits per heavy atom. The summed E-state index contributed by atoms with van der Waals surface area (Å²) in [6, 6.07) is 8.64. The van der Waals surface area contributed by atoms with Crippen molar-refractivity contribution >= 4 is 11.6 Å². The number of benzene rings is 1. The van der Waals surface area contributed by atoms with Crippen LogP contribution in [0.1, 0.15) is 44.7 Å². The van der Waals surface area contributed by atoms with Crippen molar-refractivity contribution in [2.24, 2.45) is 11.3 Å². The number of hydrogen-bond donors (Lipinski definition) is 0. The average Bonchev–Trinajstić information content (AvgIpc) is 2.25. The third kappa shape index (κ3) is 5.59. The number of rotatable bonds is 5. The molecule has 0 aliphatic rings. The summed E-state index contributed by atoms with van der Waals surface area (Å²) in [7, 11) is 0. The molecule has 0 amide bonds. The van der Waals surface area contributed by atoms with Crippen LogP contribution in [0.4, 0.5) is 0 Å². The van der Waals surface area contributed by atoms with Crippen molar-refractivity contribution in [3.8, 4) is 0 Å². The van der Waals surface area contributed by atoms with Crippen LogP contribution in [0.3, 0.4) is 0 Å². The minimum absolute atomic E-state index is 0.413. The fourth-order valence-corrected chi connectivity index (χ4v) is 2.28. The lowest BCUT2D eigenvalue weighted by molar-refractivity contribution is 0.330. The van der Waals surface area contributed by atoms with Gasteiger partial charge in [0, 0.05) is 5.88 Å². The van der Waals surface area contributed by atoms with Gasteiger partial charge in [0.2, 0.25) is 0 Å². The number of hydrogen-bond acceptors (Lipinski definition) is 0. The maximum atomic E-state index is 6.10. The Bertz CT molecular complexity index is 336. The van der Waals surface area contributed by atoms with Crippen molar-refractivity contribution in [3.05, 3.63) is 35.4 Å². The first kappa shape index (κ1) is 14.6. The van der Waals surface area contributed by atoms with Crippen LogP contribution < -0.4 is 0 Å². The van der Waals surface area contributed by atoms with E-state index in [4.69, 9.17) is 11.6 Å². The lowest BCUT2D eigenvalue weighted by atomic mass is 9.85. The van der Waals surface area contributed by atoms with Crippen LogP contribution in [0.5, 0.6) is 0 Å². The van der Waals surface area contributed by atoms with E-state index in [0.717, 1.165) is 12.3 Å². The van der Waals surface area contributed by atoms with Gasteiger partial charge in [0.25, 0.3) is 0 Å². The SMILES string of the molecule is Cc1ccccc1CC(CCl)CCC(C)(C)C. The van der Waals surface area contributed by atoms with E-state index in [0.29, 0.717) is 11.3 Å². The van der Waals surface area contributed by atoms with Gasteiger partial charge in [0.15, 0.2) is 0 Å². The quantitative estimate of drug-likeness (QED) is 0.631. The molecule has 1 aromatic rings. The standard InChI is InChI=1S/C16H25Cl/c1-13-7-5-6-8-15(13)11-14(12-17)9-10-16(2,3)4/h5-8,14H,9-12H2,1-4H3. The van der Waals surface area contributed by atoms with Gasteiger partial charge in [-0.2, -0.15) is 0 Å². The van der Waals surface area contributed by atoms with E-state index in [1.54, 1.807) is 0 Å². The normalized spacial score (nSPS) is 13.7. The minimum Gasteiger partial charge on any atom is -0.126 e. The Labute approximate surface area is 111 Å². The Morgan fingerprint density at radius 1 is 1.18 bits per heavy atom. The van der Waals surface area contributed by atoms with Crippen molar-refractivity contribution in [1.29, 1.82) is 0 Å². The average molecular weight is 253 g/mol. The Kier molecular flexibility index (Phi) is 5.52. The highest BCUT2D eigenvalue weighted by atomic mass is 35.5. The van der Waals surface area contributed by atoms with Gasteiger partial charge in [-0.15, -0.1) is 11.6 Å². The van der Waals surface area contributed by atoms with E-state index in [9.17, 15) is 0 Å². The zero-order valence-electron chi connectivity index (χ0n) is 11.6. The Balaban J connectivity index is 2.56. The van der Waals surface area contributed by atoms with E-state index in [-0.39, 0.29) is 0 Å². The van der Waals surface area contributed by atoms with Crippen LogP contribution in [-0.2, 0) is 6.42 Å². The second kappa shape index (κ2) is 6.44. The summed E-state index contributed by atoms with van der Waals surface area (Å²) in [5.74, 6) is 1.38. The van der Waals surface area contributed by atoms with Gasteiger partial charge < -0.3 is 0 Å². The van der Waals surface area contributed by atoms with Gasteiger partial charge in [-0.05, 0) is 48.6 Å². The first-order valence-electron chi connectivity index (χ1n) is 6.53. The molecule has 1 heteroatoms. The second-order valence-electron chi connectivity index (χ2n) is 6.25. The largest absolute Gasteiger partial charge is 0.126 e. The van der Waals surface area contributed by atoms with Gasteiger partial charge >= 0.3 is 0 Å². The van der Waals surface area contributed by atoms with E-state index in [1.807, 2.05) is 0 Å². The zero-order valence-corrected chi connectivity index (χ0v) is 12.3. The summed E-state index contributed by atoms with van der Waals surface area (Å²) in [5.41, 5.74) is 3.25. The van der Waals surface area contributed by atoms with Gasteiger partial charge in [-0.3, -0.25) is 0 Å². The van der Waals surface area contributed by atoms with Crippen LogP contribution in [0.25, 0.3) is 0 Å². The Hall–Kier alpha value is -0.490. The number of halogens is 1. The second-order valence-corrected chi connectivity index (χ2v) is 6.56. The third-order valence-corrected chi connectivity index (χ3v) is 3.73. The van der Waals surface area contributed by atoms with Gasteiger partial charge in [-0.1, -0.05) is 45.0 Å². The van der Waals surface area contributed by atoms with Gasteiger partial charge in [-0.25, -0.2) is 0 Å². The molecule has 0 bridgehead atoms. The molecular weight excluding hydrogens is 228 g/mol. The monoisotopic (exact) mass is 252 g/mol. The lowest BCUT2D eigenvalue weighted by Gasteiger charge is -2.22. The van der Waals surface area contributed by atoms with Crippen molar-refractivity contribution in [1.82, 2.24) is 0 Å². The molecule has 0 spiro atoms. The van der Waals surface area contributed by atoms with Crippen LogP contribution >= 0.6 is 11.6 Å². The van der Waals surface area contributed by atoms with Gasteiger partial charge in [0.1, 0.15) is 0 Å². The highest BCUT2D eigenvalue weighted by molar-refractivity contribution is 6.18. The molecule has 1 rings (SSSR count). The number of alkyl halides is 1. The maximum Gasteiger partial charge on any atom is 0.0254 e. The smallest absolute Gasteiger partial charge is 0.0254 e. The predicted molar refractivity (Wildman–Crippen MR) is 77.8 cm³/mol. The topological polar surface area (TPSA) is 0 Å². The predicted octanol–water partition coefficient (Wildman–Crippen LogP) is 5.22. The van der Waals surface area contributed by atoms with Crippen molar-refractivity contribution in [2.75, 3.05) is 5.88 Å². The summed E-state index contributed by atoms with van der Waals surface area (Å²) < 4.78 is 0. The summed E-state index contributed by atoms with van der Waals surface area (Å²) in [5, 5.41) is 0. The third-order valence-electron chi connectivity index (χ3n) is 3.29. The summed E-state index contributed by atoms with van der Waals surface area (Å²) in [6.07, 6.45) is 3.59. The van der Waals surface area contributed by atoms with Crippen LogP contribution in [0.15, 0.2) is 24.3 Å². The maximum absolute atomic E-state index is 6.10. The van der Waals surface area contributed by atoms with Crippen molar-refractivity contribution < 1.29 is 0 Å². The molecule has 0 fully saturated rings. The molecule has 0 heterocycles. The van der Waals surface area contributed by atoms with E-state index >= 15 is 0 Å². The molecule has 0 aromatic heterocycles. The molecule has 0 N–H and O–H groups in total. The molecule has 1 unspecified atom stereocenters. The molecule has 17 heavy (non-hydrogen) atoms. The molecular formula is C16H25Cl. The lowest BCUT2D eigenvalue weighted by Crippen LogP contribution is -2.13.